The molecule has 1 saturated heterocycles. The molecule has 4 rings (SSSR count). The molecule has 3 aromatic rings. The van der Waals surface area contributed by atoms with Gasteiger partial charge in [0.1, 0.15) is 0 Å². The van der Waals surface area contributed by atoms with Crippen LogP contribution in [0.5, 0.6) is 0 Å². The maximum Gasteiger partial charge on any atom is 0.315 e. The van der Waals surface area contributed by atoms with E-state index in [4.69, 9.17) is 4.42 Å². The third kappa shape index (κ3) is 5.39. The van der Waals surface area contributed by atoms with Gasteiger partial charge in [0.2, 0.25) is 5.89 Å². The molecule has 6 nitrogen and oxygen atoms in total. The van der Waals surface area contributed by atoms with Crippen LogP contribution >= 0.6 is 0 Å². The maximum absolute atomic E-state index is 5.74. The smallest absolute Gasteiger partial charge is 0.315 e. The second-order valence-corrected chi connectivity index (χ2v) is 7.46. The van der Waals surface area contributed by atoms with E-state index in [-0.39, 0.29) is 0 Å². The third-order valence-corrected chi connectivity index (χ3v) is 5.28. The Kier molecular flexibility index (Phi) is 6.29. The Morgan fingerprint density at radius 3 is 2.75 bits per heavy atom. The highest BCUT2D eigenvalue weighted by molar-refractivity contribution is 5.20. The number of nitrogens with one attached hydrogen (secondary N) is 1. The highest BCUT2D eigenvalue weighted by Crippen LogP contribution is 2.18. The van der Waals surface area contributed by atoms with E-state index in [1.54, 1.807) is 12.4 Å². The number of aromatic nitrogens is 3. The minimum Gasteiger partial charge on any atom is -0.408 e. The Morgan fingerprint density at radius 1 is 1.04 bits per heavy atom. The van der Waals surface area contributed by atoms with E-state index in [2.05, 4.69) is 55.7 Å². The first-order chi connectivity index (χ1) is 13.8. The fourth-order valence-electron chi connectivity index (χ4n) is 3.76. The van der Waals surface area contributed by atoms with E-state index in [1.165, 1.54) is 24.9 Å². The van der Waals surface area contributed by atoms with Gasteiger partial charge in [0, 0.05) is 32.0 Å². The van der Waals surface area contributed by atoms with Crippen molar-refractivity contribution >= 4 is 6.01 Å². The summed E-state index contributed by atoms with van der Waals surface area (Å²) in [7, 11) is 0. The third-order valence-electron chi connectivity index (χ3n) is 5.28. The van der Waals surface area contributed by atoms with E-state index in [0.29, 0.717) is 24.2 Å². The molecule has 1 N–H and O–H groups in total. The van der Waals surface area contributed by atoms with Gasteiger partial charge in [-0.3, -0.25) is 4.98 Å². The zero-order valence-electron chi connectivity index (χ0n) is 16.1. The van der Waals surface area contributed by atoms with Gasteiger partial charge in [-0.2, -0.15) is 0 Å². The standard InChI is InChI=1S/C22H27N5O/c1-2-5-18(6-3-1)10-14-27-13-4-7-20(17-27)16-24-22-26-25-21(28-22)15-19-8-11-23-12-9-19/h1-3,5-6,8-9,11-12,20H,4,7,10,13-17H2,(H,24,26). The molecule has 28 heavy (non-hydrogen) atoms. The number of nitrogens with zero attached hydrogens (tertiary/aromatic N) is 4. The summed E-state index contributed by atoms with van der Waals surface area (Å²) < 4.78 is 5.74. The zero-order chi connectivity index (χ0) is 19.0. The molecule has 0 amide bonds. The highest BCUT2D eigenvalue weighted by Gasteiger charge is 2.20. The van der Waals surface area contributed by atoms with Crippen molar-refractivity contribution in [3.63, 3.8) is 0 Å². The van der Waals surface area contributed by atoms with Crippen LogP contribution in [-0.4, -0.2) is 46.3 Å². The van der Waals surface area contributed by atoms with Crippen LogP contribution in [0.4, 0.5) is 6.01 Å². The summed E-state index contributed by atoms with van der Waals surface area (Å²) in [6, 6.07) is 15.2. The quantitative estimate of drug-likeness (QED) is 0.649. The summed E-state index contributed by atoms with van der Waals surface area (Å²) in [5.74, 6) is 1.24. The number of rotatable bonds is 8. The lowest BCUT2D eigenvalue weighted by molar-refractivity contribution is 0.182. The maximum atomic E-state index is 5.74. The molecule has 3 heterocycles. The minimum absolute atomic E-state index is 0.519. The van der Waals surface area contributed by atoms with Crippen molar-refractivity contribution in [2.75, 3.05) is 31.5 Å². The lowest BCUT2D eigenvalue weighted by Gasteiger charge is -2.32. The fourth-order valence-corrected chi connectivity index (χ4v) is 3.76. The molecule has 146 valence electrons. The summed E-state index contributed by atoms with van der Waals surface area (Å²) >= 11 is 0. The second-order valence-electron chi connectivity index (χ2n) is 7.46. The molecule has 1 aliphatic rings. The highest BCUT2D eigenvalue weighted by atomic mass is 16.4. The van der Waals surface area contributed by atoms with Gasteiger partial charge >= 0.3 is 6.01 Å². The SMILES string of the molecule is c1ccc(CCN2CCCC(CNc3nnc(Cc4ccncc4)o3)C2)cc1. The van der Waals surface area contributed by atoms with Crippen LogP contribution in [0.15, 0.2) is 59.3 Å². The molecule has 6 heteroatoms. The predicted octanol–water partition coefficient (Wildman–Crippen LogP) is 3.42. The Bertz CT molecular complexity index is 836. The molecule has 1 aliphatic heterocycles. The van der Waals surface area contributed by atoms with Crippen LogP contribution in [0.1, 0.15) is 29.9 Å². The van der Waals surface area contributed by atoms with Crippen LogP contribution in [0, 0.1) is 5.92 Å². The number of benzene rings is 1. The number of anilines is 1. The lowest BCUT2D eigenvalue weighted by Crippen LogP contribution is -2.39. The number of pyridine rings is 1. The molecule has 0 aliphatic carbocycles. The van der Waals surface area contributed by atoms with Crippen LogP contribution in [0.25, 0.3) is 0 Å². The molecule has 0 saturated carbocycles. The van der Waals surface area contributed by atoms with E-state index in [0.717, 1.165) is 31.6 Å². The van der Waals surface area contributed by atoms with Gasteiger partial charge in [-0.1, -0.05) is 35.4 Å². The molecular formula is C22H27N5O. The summed E-state index contributed by atoms with van der Waals surface area (Å²) in [5.41, 5.74) is 2.53. The van der Waals surface area contributed by atoms with Gasteiger partial charge in [-0.05, 0) is 55.0 Å². The van der Waals surface area contributed by atoms with Gasteiger partial charge in [0.25, 0.3) is 0 Å². The van der Waals surface area contributed by atoms with Crippen molar-refractivity contribution in [2.24, 2.45) is 5.92 Å². The zero-order valence-corrected chi connectivity index (χ0v) is 16.1. The van der Waals surface area contributed by atoms with Crippen molar-refractivity contribution in [1.82, 2.24) is 20.1 Å². The Morgan fingerprint density at radius 2 is 1.89 bits per heavy atom. The van der Waals surface area contributed by atoms with Crippen LogP contribution < -0.4 is 5.32 Å². The number of hydrogen-bond donors (Lipinski definition) is 1. The van der Waals surface area contributed by atoms with Gasteiger partial charge in [0.05, 0.1) is 6.42 Å². The van der Waals surface area contributed by atoms with Crippen LogP contribution in [0.2, 0.25) is 0 Å². The average Bonchev–Trinajstić information content (AvgIpc) is 3.20. The first kappa shape index (κ1) is 18.6. The van der Waals surface area contributed by atoms with E-state index >= 15 is 0 Å². The first-order valence-corrected chi connectivity index (χ1v) is 10.1. The van der Waals surface area contributed by atoms with Gasteiger partial charge < -0.3 is 14.6 Å². The minimum atomic E-state index is 0.519. The topological polar surface area (TPSA) is 67.1 Å². The average molecular weight is 377 g/mol. The van der Waals surface area contributed by atoms with Crippen molar-refractivity contribution in [1.29, 1.82) is 0 Å². The first-order valence-electron chi connectivity index (χ1n) is 10.1. The fraction of sp³-hybridized carbons (Fsp3) is 0.409. The number of likely N-dealkylation sites (tertiary alicyclic amines) is 1. The van der Waals surface area contributed by atoms with E-state index < -0.39 is 0 Å². The van der Waals surface area contributed by atoms with Gasteiger partial charge in [0.15, 0.2) is 0 Å². The molecule has 1 aromatic carbocycles. The normalized spacial score (nSPS) is 17.5. The molecule has 0 bridgehead atoms. The van der Waals surface area contributed by atoms with Crippen molar-refractivity contribution < 1.29 is 4.42 Å². The van der Waals surface area contributed by atoms with Crippen molar-refractivity contribution in [3.8, 4) is 0 Å². The Hall–Kier alpha value is -2.73. The molecule has 0 spiro atoms. The van der Waals surface area contributed by atoms with Crippen molar-refractivity contribution in [3.05, 3.63) is 71.9 Å². The van der Waals surface area contributed by atoms with Gasteiger partial charge in [-0.25, -0.2) is 0 Å². The summed E-state index contributed by atoms with van der Waals surface area (Å²) in [6.07, 6.45) is 7.79. The lowest BCUT2D eigenvalue weighted by atomic mass is 9.97. The molecule has 1 unspecified atom stereocenters. The number of hydrogen-bond acceptors (Lipinski definition) is 6. The largest absolute Gasteiger partial charge is 0.408 e. The summed E-state index contributed by atoms with van der Waals surface area (Å²) in [5, 5.41) is 11.6. The predicted molar refractivity (Wildman–Crippen MR) is 109 cm³/mol. The van der Waals surface area contributed by atoms with Crippen LogP contribution in [-0.2, 0) is 12.8 Å². The molecule has 0 radical (unpaired) electrons. The Balaban J connectivity index is 1.22. The van der Waals surface area contributed by atoms with Crippen molar-refractivity contribution in [2.45, 2.75) is 25.7 Å². The molecule has 1 fully saturated rings. The van der Waals surface area contributed by atoms with E-state index in [1.807, 2.05) is 12.1 Å². The monoisotopic (exact) mass is 377 g/mol. The van der Waals surface area contributed by atoms with Gasteiger partial charge in [-0.15, -0.1) is 5.10 Å². The summed E-state index contributed by atoms with van der Waals surface area (Å²) in [4.78, 5) is 6.60. The van der Waals surface area contributed by atoms with E-state index in [9.17, 15) is 0 Å². The molecule has 1 atom stereocenters. The molecule has 2 aromatic heterocycles. The molecular weight excluding hydrogens is 350 g/mol. The van der Waals surface area contributed by atoms with Crippen LogP contribution in [0.3, 0.4) is 0 Å². The second kappa shape index (κ2) is 9.46. The summed E-state index contributed by atoms with van der Waals surface area (Å²) in [6.45, 7) is 4.31. The Labute approximate surface area is 166 Å². The number of piperidine rings is 1.